The lowest BCUT2D eigenvalue weighted by atomic mass is 10.1. The summed E-state index contributed by atoms with van der Waals surface area (Å²) in [6.45, 7) is -0.400. The Morgan fingerprint density at radius 3 is 2.68 bits per heavy atom. The van der Waals surface area contributed by atoms with E-state index in [0.29, 0.717) is 17.0 Å². The zero-order valence-electron chi connectivity index (χ0n) is 13.4. The smallest absolute Gasteiger partial charge is 0.167 e. The fraction of sp³-hybridized carbons (Fsp3) is 0.667. The van der Waals surface area contributed by atoms with Crippen LogP contribution in [0.2, 0.25) is 0 Å². The molecule has 0 spiro atoms. The molecular formula is C15H21N5O5. The number of nitrogens with one attached hydrogen (secondary N) is 1. The van der Waals surface area contributed by atoms with Gasteiger partial charge >= 0.3 is 0 Å². The van der Waals surface area contributed by atoms with Crippen molar-refractivity contribution < 1.29 is 25.2 Å². The van der Waals surface area contributed by atoms with Gasteiger partial charge in [-0.05, 0) is 19.3 Å². The van der Waals surface area contributed by atoms with E-state index in [9.17, 15) is 20.4 Å². The molecule has 5 N–H and O–H groups in total. The van der Waals surface area contributed by atoms with Crippen LogP contribution in [-0.4, -0.2) is 77.0 Å². The van der Waals surface area contributed by atoms with E-state index in [-0.39, 0.29) is 6.04 Å². The minimum atomic E-state index is -1.21. The van der Waals surface area contributed by atoms with Gasteiger partial charge in [0.2, 0.25) is 0 Å². The van der Waals surface area contributed by atoms with Crippen molar-refractivity contribution in [2.24, 2.45) is 0 Å². The largest absolute Gasteiger partial charge is 0.394 e. The van der Waals surface area contributed by atoms with Crippen LogP contribution in [0, 0.1) is 0 Å². The van der Waals surface area contributed by atoms with Crippen LogP contribution < -0.4 is 5.32 Å². The summed E-state index contributed by atoms with van der Waals surface area (Å²) in [6, 6.07) is -0.0860. The minimum Gasteiger partial charge on any atom is -0.394 e. The van der Waals surface area contributed by atoms with Crippen molar-refractivity contribution in [1.82, 2.24) is 19.5 Å². The molecule has 1 saturated carbocycles. The average molecular weight is 351 g/mol. The topological polar surface area (TPSA) is 146 Å². The van der Waals surface area contributed by atoms with Crippen molar-refractivity contribution in [2.45, 2.75) is 55.9 Å². The van der Waals surface area contributed by atoms with Crippen molar-refractivity contribution in [3.05, 3.63) is 12.7 Å². The van der Waals surface area contributed by atoms with Crippen LogP contribution in [0.4, 0.5) is 5.82 Å². The molecule has 2 aliphatic rings. The van der Waals surface area contributed by atoms with Gasteiger partial charge in [-0.2, -0.15) is 0 Å². The standard InChI is InChI=1S/C15H21N5O5/c21-4-9-11(23)12(24)15(25-9)20-6-18-10-13(16-5-17-14(10)20)19-7-2-1-3-8(7)22/h5-9,11-12,15,21-24H,1-4H2,(H,16,17,19)/t7-,8?,9+,11?,12?,15+/m0/s1. The molecule has 136 valence electrons. The molecule has 2 fully saturated rings. The van der Waals surface area contributed by atoms with Crippen molar-refractivity contribution in [1.29, 1.82) is 0 Å². The monoisotopic (exact) mass is 351 g/mol. The molecular weight excluding hydrogens is 330 g/mol. The summed E-state index contributed by atoms with van der Waals surface area (Å²) in [5.41, 5.74) is 0.916. The number of imidazole rings is 1. The number of aromatic nitrogens is 4. The molecule has 0 amide bonds. The van der Waals surface area contributed by atoms with Crippen LogP contribution in [-0.2, 0) is 4.74 Å². The third-order valence-electron chi connectivity index (χ3n) is 4.95. The maximum atomic E-state index is 10.2. The molecule has 4 rings (SSSR count). The summed E-state index contributed by atoms with van der Waals surface area (Å²) in [5.74, 6) is 0.501. The van der Waals surface area contributed by atoms with Crippen LogP contribution in [0.15, 0.2) is 12.7 Å². The lowest BCUT2D eigenvalue weighted by Gasteiger charge is -2.18. The zero-order chi connectivity index (χ0) is 17.6. The number of fused-ring (bicyclic) bond motifs is 1. The number of aliphatic hydroxyl groups excluding tert-OH is 4. The van der Waals surface area contributed by atoms with Crippen molar-refractivity contribution in [3.8, 4) is 0 Å². The Hall–Kier alpha value is -1.85. The predicted octanol–water partition coefficient (Wildman–Crippen LogP) is -1.24. The van der Waals surface area contributed by atoms with Gasteiger partial charge in [-0.15, -0.1) is 0 Å². The van der Waals surface area contributed by atoms with Crippen LogP contribution in [0.5, 0.6) is 0 Å². The second-order valence-corrected chi connectivity index (χ2v) is 6.52. The fourth-order valence-corrected chi connectivity index (χ4v) is 3.54. The number of anilines is 1. The number of aliphatic hydroxyl groups is 4. The summed E-state index contributed by atoms with van der Waals surface area (Å²) in [6.07, 6.45) is 0.768. The molecule has 1 aliphatic heterocycles. The highest BCUT2D eigenvalue weighted by Gasteiger charge is 2.44. The molecule has 1 aliphatic carbocycles. The Balaban J connectivity index is 1.65. The predicted molar refractivity (Wildman–Crippen MR) is 85.6 cm³/mol. The Labute approximate surface area is 143 Å². The lowest BCUT2D eigenvalue weighted by molar-refractivity contribution is -0.0511. The first-order valence-electron chi connectivity index (χ1n) is 8.34. The summed E-state index contributed by atoms with van der Waals surface area (Å²) < 4.78 is 7.04. The highest BCUT2D eigenvalue weighted by atomic mass is 16.6. The van der Waals surface area contributed by atoms with Gasteiger partial charge in [-0.3, -0.25) is 4.57 Å². The summed E-state index contributed by atoms with van der Waals surface area (Å²) in [5, 5.41) is 42.6. The summed E-state index contributed by atoms with van der Waals surface area (Å²) in [4.78, 5) is 12.7. The quantitative estimate of drug-likeness (QED) is 0.456. The molecule has 25 heavy (non-hydrogen) atoms. The van der Waals surface area contributed by atoms with E-state index in [1.807, 2.05) is 0 Å². The van der Waals surface area contributed by atoms with E-state index in [4.69, 9.17) is 4.74 Å². The Morgan fingerprint density at radius 2 is 2.00 bits per heavy atom. The van der Waals surface area contributed by atoms with E-state index in [2.05, 4.69) is 20.3 Å². The average Bonchev–Trinajstić information content (AvgIpc) is 3.29. The fourth-order valence-electron chi connectivity index (χ4n) is 3.54. The molecule has 0 aromatic carbocycles. The lowest BCUT2D eigenvalue weighted by Crippen LogP contribution is -2.33. The first kappa shape index (κ1) is 16.6. The van der Waals surface area contributed by atoms with Crippen LogP contribution in [0.3, 0.4) is 0 Å². The van der Waals surface area contributed by atoms with Crippen LogP contribution in [0.1, 0.15) is 25.5 Å². The van der Waals surface area contributed by atoms with Crippen LogP contribution >= 0.6 is 0 Å². The number of hydrogen-bond acceptors (Lipinski definition) is 9. The number of rotatable bonds is 4. The van der Waals surface area contributed by atoms with E-state index in [1.165, 1.54) is 17.2 Å². The zero-order valence-corrected chi connectivity index (χ0v) is 13.4. The molecule has 10 nitrogen and oxygen atoms in total. The van der Waals surface area contributed by atoms with E-state index >= 15 is 0 Å². The third kappa shape index (κ3) is 2.75. The van der Waals surface area contributed by atoms with E-state index in [0.717, 1.165) is 19.3 Å². The first-order valence-corrected chi connectivity index (χ1v) is 8.34. The van der Waals surface area contributed by atoms with Gasteiger partial charge in [0.25, 0.3) is 0 Å². The number of nitrogens with zero attached hydrogens (tertiary/aromatic N) is 4. The SMILES string of the molecule is OC[C@H]1O[C@@H](n2cnc3c(N[C@H]4CCCC4O)ncnc32)C(O)C1O. The van der Waals surface area contributed by atoms with Gasteiger partial charge < -0.3 is 30.5 Å². The molecule has 10 heteroatoms. The van der Waals surface area contributed by atoms with Gasteiger partial charge in [-0.25, -0.2) is 15.0 Å². The molecule has 2 aromatic heterocycles. The minimum absolute atomic E-state index is 0.0860. The van der Waals surface area contributed by atoms with Crippen molar-refractivity contribution >= 4 is 17.0 Å². The second kappa shape index (κ2) is 6.46. The van der Waals surface area contributed by atoms with Crippen LogP contribution in [0.25, 0.3) is 11.2 Å². The highest BCUT2D eigenvalue weighted by Crippen LogP contribution is 2.32. The van der Waals surface area contributed by atoms with Gasteiger partial charge in [-0.1, -0.05) is 0 Å². The molecule has 0 bridgehead atoms. The maximum absolute atomic E-state index is 10.2. The van der Waals surface area contributed by atoms with Gasteiger partial charge in [0, 0.05) is 0 Å². The van der Waals surface area contributed by atoms with Crippen molar-refractivity contribution in [3.63, 3.8) is 0 Å². The molecule has 1 saturated heterocycles. The number of hydrogen-bond donors (Lipinski definition) is 5. The summed E-state index contributed by atoms with van der Waals surface area (Å²) >= 11 is 0. The molecule has 3 unspecified atom stereocenters. The molecule has 2 aromatic rings. The Bertz CT molecular complexity index is 755. The maximum Gasteiger partial charge on any atom is 0.167 e. The van der Waals surface area contributed by atoms with Crippen molar-refractivity contribution in [2.75, 3.05) is 11.9 Å². The van der Waals surface area contributed by atoms with E-state index in [1.54, 1.807) is 0 Å². The Morgan fingerprint density at radius 1 is 1.16 bits per heavy atom. The molecule has 0 radical (unpaired) electrons. The third-order valence-corrected chi connectivity index (χ3v) is 4.95. The molecule has 3 heterocycles. The van der Waals surface area contributed by atoms with Gasteiger partial charge in [0.1, 0.15) is 24.6 Å². The Kier molecular flexibility index (Phi) is 4.29. The van der Waals surface area contributed by atoms with E-state index < -0.39 is 37.3 Å². The molecule has 6 atom stereocenters. The van der Waals surface area contributed by atoms with Gasteiger partial charge in [0.15, 0.2) is 23.2 Å². The first-order chi connectivity index (χ1) is 12.1. The normalized spacial score (nSPS) is 35.5. The van der Waals surface area contributed by atoms with Gasteiger partial charge in [0.05, 0.1) is 25.1 Å². The summed E-state index contributed by atoms with van der Waals surface area (Å²) in [7, 11) is 0. The highest BCUT2D eigenvalue weighted by molar-refractivity contribution is 5.82. The second-order valence-electron chi connectivity index (χ2n) is 6.52. The number of ether oxygens (including phenoxy) is 1.